The fraction of sp³-hybridized carbons (Fsp3) is 0.471. The Morgan fingerprint density at radius 2 is 2.17 bits per heavy atom. The molecule has 0 bridgehead atoms. The minimum Gasteiger partial charge on any atom is -0.481 e. The second-order valence-corrected chi connectivity index (χ2v) is 6.36. The molecule has 1 N–H and O–H groups in total. The van der Waals surface area contributed by atoms with Gasteiger partial charge < -0.3 is 10.0 Å². The predicted octanol–water partition coefficient (Wildman–Crippen LogP) is 1.81. The third-order valence-corrected chi connectivity index (χ3v) is 4.70. The second kappa shape index (κ2) is 5.99. The number of nitriles is 1. The molecule has 1 saturated heterocycles. The first kappa shape index (κ1) is 15.5. The summed E-state index contributed by atoms with van der Waals surface area (Å²) >= 11 is 0. The maximum absolute atomic E-state index is 13.3. The van der Waals surface area contributed by atoms with Gasteiger partial charge in [-0.1, -0.05) is 6.07 Å². The van der Waals surface area contributed by atoms with Crippen molar-refractivity contribution < 1.29 is 19.1 Å². The van der Waals surface area contributed by atoms with Gasteiger partial charge in [-0.2, -0.15) is 5.26 Å². The lowest BCUT2D eigenvalue weighted by Crippen LogP contribution is -2.31. The van der Waals surface area contributed by atoms with Crippen LogP contribution in [0.4, 0.5) is 4.39 Å². The number of carbonyl (C=O) groups is 2. The van der Waals surface area contributed by atoms with Gasteiger partial charge in [-0.25, -0.2) is 4.39 Å². The summed E-state index contributed by atoms with van der Waals surface area (Å²) in [6, 6.07) is 6.36. The molecule has 1 saturated carbocycles. The van der Waals surface area contributed by atoms with E-state index in [0.717, 1.165) is 12.0 Å². The van der Waals surface area contributed by atoms with Gasteiger partial charge in [-0.15, -0.1) is 0 Å². The third kappa shape index (κ3) is 3.19. The molecule has 1 aromatic rings. The van der Waals surface area contributed by atoms with Crippen LogP contribution in [-0.4, -0.2) is 35.0 Å². The van der Waals surface area contributed by atoms with Crippen LogP contribution in [0, 0.1) is 34.9 Å². The van der Waals surface area contributed by atoms with Crippen molar-refractivity contribution in [2.75, 3.05) is 13.1 Å². The number of carboxylic acid groups (broad SMARTS) is 1. The van der Waals surface area contributed by atoms with Crippen LogP contribution in [0.1, 0.15) is 24.0 Å². The minimum atomic E-state index is -0.894. The van der Waals surface area contributed by atoms with Gasteiger partial charge in [0.15, 0.2) is 0 Å². The molecule has 5 nitrogen and oxygen atoms in total. The molecule has 23 heavy (non-hydrogen) atoms. The topological polar surface area (TPSA) is 81.4 Å². The Labute approximate surface area is 133 Å². The first-order valence-electron chi connectivity index (χ1n) is 7.69. The van der Waals surface area contributed by atoms with Crippen LogP contribution in [0.3, 0.4) is 0 Å². The molecule has 1 aliphatic heterocycles. The molecule has 1 heterocycles. The lowest BCUT2D eigenvalue weighted by atomic mass is 9.97. The quantitative estimate of drug-likeness (QED) is 0.918. The van der Waals surface area contributed by atoms with Gasteiger partial charge >= 0.3 is 5.97 Å². The highest BCUT2D eigenvalue weighted by molar-refractivity contribution is 5.89. The summed E-state index contributed by atoms with van der Waals surface area (Å²) in [6.45, 7) is 1.24. The Bertz CT molecular complexity index is 698. The number of aliphatic carboxylic acids is 1. The van der Waals surface area contributed by atoms with Crippen molar-refractivity contribution in [1.29, 1.82) is 5.26 Å². The smallest absolute Gasteiger partial charge is 0.307 e. The van der Waals surface area contributed by atoms with E-state index in [2.05, 4.69) is 0 Å². The molecule has 3 atom stereocenters. The van der Waals surface area contributed by atoms with E-state index in [1.54, 1.807) is 17.0 Å². The van der Waals surface area contributed by atoms with Crippen molar-refractivity contribution in [3.63, 3.8) is 0 Å². The molecule has 1 aliphatic carbocycles. The summed E-state index contributed by atoms with van der Waals surface area (Å²) in [6.07, 6.45) is 1.97. The molecule has 1 unspecified atom stereocenters. The summed E-state index contributed by atoms with van der Waals surface area (Å²) in [5.74, 6) is -2.09. The molecule has 2 aliphatic rings. The number of hydrogen-bond acceptors (Lipinski definition) is 3. The zero-order valence-electron chi connectivity index (χ0n) is 12.5. The monoisotopic (exact) mass is 316 g/mol. The maximum Gasteiger partial charge on any atom is 0.307 e. The molecule has 120 valence electrons. The number of nitrogens with zero attached hydrogens (tertiary/aromatic N) is 2. The lowest BCUT2D eigenvalue weighted by Gasteiger charge is -2.16. The highest BCUT2D eigenvalue weighted by Gasteiger charge is 2.50. The van der Waals surface area contributed by atoms with Gasteiger partial charge in [0.1, 0.15) is 11.9 Å². The average molecular weight is 316 g/mol. The first-order chi connectivity index (χ1) is 11.0. The molecular formula is C17H17FN2O3. The summed E-state index contributed by atoms with van der Waals surface area (Å²) in [5.41, 5.74) is 0.924. The number of benzene rings is 1. The molecule has 3 rings (SSSR count). The third-order valence-electron chi connectivity index (χ3n) is 4.70. The zero-order chi connectivity index (χ0) is 16.6. The van der Waals surface area contributed by atoms with E-state index in [-0.39, 0.29) is 23.3 Å². The highest BCUT2D eigenvalue weighted by Crippen LogP contribution is 2.41. The van der Waals surface area contributed by atoms with Crippen LogP contribution in [0.15, 0.2) is 18.2 Å². The van der Waals surface area contributed by atoms with Crippen LogP contribution in [0.25, 0.3) is 0 Å². The first-order valence-corrected chi connectivity index (χ1v) is 7.69. The van der Waals surface area contributed by atoms with Gasteiger partial charge in [0.05, 0.1) is 17.4 Å². The van der Waals surface area contributed by atoms with Gasteiger partial charge in [-0.05, 0) is 42.9 Å². The van der Waals surface area contributed by atoms with E-state index in [1.807, 2.05) is 6.07 Å². The Morgan fingerprint density at radius 1 is 1.39 bits per heavy atom. The van der Waals surface area contributed by atoms with E-state index in [9.17, 15) is 14.0 Å². The van der Waals surface area contributed by atoms with E-state index >= 15 is 0 Å². The molecule has 1 aromatic carbocycles. The number of rotatable bonds is 4. The van der Waals surface area contributed by atoms with E-state index in [0.29, 0.717) is 25.9 Å². The Morgan fingerprint density at radius 3 is 2.83 bits per heavy atom. The number of carbonyl (C=O) groups excluding carboxylic acids is 1. The van der Waals surface area contributed by atoms with Crippen molar-refractivity contribution in [2.24, 2.45) is 17.8 Å². The maximum atomic E-state index is 13.3. The molecule has 0 spiro atoms. The van der Waals surface area contributed by atoms with Crippen molar-refractivity contribution in [1.82, 2.24) is 4.90 Å². The minimum absolute atomic E-state index is 0.0377. The van der Waals surface area contributed by atoms with Gasteiger partial charge in [0.25, 0.3) is 0 Å². The predicted molar refractivity (Wildman–Crippen MR) is 78.7 cm³/mol. The molecule has 2 fully saturated rings. The summed E-state index contributed by atoms with van der Waals surface area (Å²) in [4.78, 5) is 24.8. The standard InChI is InChI=1S/C17H17FN2O3/c18-15-2-1-10(6-12(15)8-19)5-11-3-4-20(9-11)16(21)13-7-14(13)17(22)23/h1-2,6,11,13-14H,3-5,7,9H2,(H,22,23)/t11?,13-,14-/m1/s1. The number of amides is 1. The second-order valence-electron chi connectivity index (χ2n) is 6.36. The Hall–Kier alpha value is -2.42. The lowest BCUT2D eigenvalue weighted by molar-refractivity contribution is -0.141. The van der Waals surface area contributed by atoms with Crippen molar-refractivity contribution in [3.05, 3.63) is 35.1 Å². The number of likely N-dealkylation sites (tertiary alicyclic amines) is 1. The number of halogens is 1. The summed E-state index contributed by atoms with van der Waals surface area (Å²) in [5, 5.41) is 17.8. The van der Waals surface area contributed by atoms with Crippen LogP contribution in [0.2, 0.25) is 0 Å². The number of hydrogen-bond donors (Lipinski definition) is 1. The van der Waals surface area contributed by atoms with Crippen LogP contribution < -0.4 is 0 Å². The van der Waals surface area contributed by atoms with Crippen LogP contribution in [0.5, 0.6) is 0 Å². The van der Waals surface area contributed by atoms with E-state index in [1.165, 1.54) is 6.07 Å². The van der Waals surface area contributed by atoms with Crippen molar-refractivity contribution in [2.45, 2.75) is 19.3 Å². The normalized spacial score (nSPS) is 25.9. The molecule has 0 radical (unpaired) electrons. The fourth-order valence-corrected chi connectivity index (χ4v) is 3.29. The zero-order valence-corrected chi connectivity index (χ0v) is 12.5. The van der Waals surface area contributed by atoms with Gasteiger partial charge in [0, 0.05) is 13.1 Å². The van der Waals surface area contributed by atoms with E-state index < -0.39 is 17.7 Å². The fourth-order valence-electron chi connectivity index (χ4n) is 3.29. The highest BCUT2D eigenvalue weighted by atomic mass is 19.1. The van der Waals surface area contributed by atoms with Gasteiger partial charge in [0.2, 0.25) is 5.91 Å². The summed E-state index contributed by atoms with van der Waals surface area (Å²) < 4.78 is 13.3. The number of carboxylic acids is 1. The van der Waals surface area contributed by atoms with Crippen LogP contribution >= 0.6 is 0 Å². The van der Waals surface area contributed by atoms with Crippen molar-refractivity contribution in [3.8, 4) is 6.07 Å². The largest absolute Gasteiger partial charge is 0.481 e. The molecule has 1 amide bonds. The summed E-state index contributed by atoms with van der Waals surface area (Å²) in [7, 11) is 0. The molecular weight excluding hydrogens is 299 g/mol. The van der Waals surface area contributed by atoms with Crippen molar-refractivity contribution >= 4 is 11.9 Å². The Kier molecular flexibility index (Phi) is 4.03. The molecule has 6 heteroatoms. The SMILES string of the molecule is N#Cc1cc(CC2CCN(C(=O)[C@@H]3C[C@H]3C(=O)O)C2)ccc1F. The molecule has 0 aromatic heterocycles. The average Bonchev–Trinajstić information content (AvgIpc) is 3.21. The van der Waals surface area contributed by atoms with Gasteiger partial charge in [-0.3, -0.25) is 9.59 Å². The van der Waals surface area contributed by atoms with E-state index in [4.69, 9.17) is 10.4 Å². The Balaban J connectivity index is 1.57. The van der Waals surface area contributed by atoms with Crippen LogP contribution in [-0.2, 0) is 16.0 Å².